The molecule has 4 N–H and O–H groups in total. The maximum absolute atomic E-state index is 13.2. The lowest BCUT2D eigenvalue weighted by Crippen LogP contribution is -2.34. The van der Waals surface area contributed by atoms with Gasteiger partial charge in [-0.1, -0.05) is 0 Å². The van der Waals surface area contributed by atoms with Crippen molar-refractivity contribution in [2.24, 2.45) is 5.14 Å². The Labute approximate surface area is 104 Å². The molecule has 1 rings (SSSR count). The Morgan fingerprint density at radius 2 is 1.94 bits per heavy atom. The molecular weight excluding hydrogens is 261 g/mol. The van der Waals surface area contributed by atoms with Gasteiger partial charge in [0.15, 0.2) is 0 Å². The Morgan fingerprint density at radius 1 is 1.33 bits per heavy atom. The number of nitrogens with one attached hydrogen (secondary N) is 2. The van der Waals surface area contributed by atoms with Crippen LogP contribution in [0.2, 0.25) is 0 Å². The van der Waals surface area contributed by atoms with E-state index in [0.29, 0.717) is 0 Å². The van der Waals surface area contributed by atoms with Crippen molar-refractivity contribution < 1.29 is 17.6 Å². The van der Waals surface area contributed by atoms with Gasteiger partial charge in [-0.2, -0.15) is 0 Å². The number of carbonyl (C=O) groups is 1. The number of hydrogen-bond acceptors (Lipinski definition) is 3. The molecule has 0 fully saturated rings. The number of rotatable bonds is 3. The molecule has 0 spiro atoms. The van der Waals surface area contributed by atoms with Gasteiger partial charge in [0.2, 0.25) is 10.0 Å². The van der Waals surface area contributed by atoms with E-state index >= 15 is 0 Å². The van der Waals surface area contributed by atoms with Crippen LogP contribution in [0.15, 0.2) is 23.1 Å². The number of carbonyl (C=O) groups excluding carboxylic acids is 1. The molecule has 0 aliphatic rings. The van der Waals surface area contributed by atoms with E-state index in [1.54, 1.807) is 13.8 Å². The lowest BCUT2D eigenvalue weighted by atomic mass is 10.3. The standard InChI is InChI=1S/C10H14FN3O3S/c1-6(2)13-10(15)14-8-3-7(11)4-9(5-8)18(12,16)17/h3-6H,1-2H3,(H2,12,16,17)(H2,13,14,15). The van der Waals surface area contributed by atoms with Crippen LogP contribution in [0.3, 0.4) is 0 Å². The van der Waals surface area contributed by atoms with E-state index in [4.69, 9.17) is 5.14 Å². The number of anilines is 1. The highest BCUT2D eigenvalue weighted by Gasteiger charge is 2.12. The average Bonchev–Trinajstić information content (AvgIpc) is 2.13. The van der Waals surface area contributed by atoms with Crippen molar-refractivity contribution in [1.82, 2.24) is 5.32 Å². The molecule has 0 saturated carbocycles. The Morgan fingerprint density at radius 3 is 2.44 bits per heavy atom. The van der Waals surface area contributed by atoms with E-state index < -0.39 is 26.8 Å². The van der Waals surface area contributed by atoms with Crippen molar-refractivity contribution >= 4 is 21.7 Å². The highest BCUT2D eigenvalue weighted by molar-refractivity contribution is 7.89. The summed E-state index contributed by atoms with van der Waals surface area (Å²) in [6, 6.07) is 2.19. The summed E-state index contributed by atoms with van der Waals surface area (Å²) in [5.74, 6) is -0.804. The molecule has 100 valence electrons. The van der Waals surface area contributed by atoms with Crippen LogP contribution in [0, 0.1) is 5.82 Å². The van der Waals surface area contributed by atoms with Gasteiger partial charge in [-0.3, -0.25) is 0 Å². The number of hydrogen-bond donors (Lipinski definition) is 3. The van der Waals surface area contributed by atoms with Gasteiger partial charge in [0, 0.05) is 11.7 Å². The maximum atomic E-state index is 13.2. The van der Waals surface area contributed by atoms with Crippen LogP contribution < -0.4 is 15.8 Å². The number of sulfonamides is 1. The number of nitrogens with two attached hydrogens (primary N) is 1. The first kappa shape index (κ1) is 14.4. The van der Waals surface area contributed by atoms with Crippen molar-refractivity contribution in [3.05, 3.63) is 24.0 Å². The minimum absolute atomic E-state index is 0.0113. The molecule has 1 aromatic carbocycles. The summed E-state index contributed by atoms with van der Waals surface area (Å²) < 4.78 is 35.3. The zero-order valence-corrected chi connectivity index (χ0v) is 10.7. The molecule has 0 aliphatic carbocycles. The van der Waals surface area contributed by atoms with Crippen molar-refractivity contribution in [3.63, 3.8) is 0 Å². The summed E-state index contributed by atoms with van der Waals surface area (Å²) >= 11 is 0. The zero-order valence-electron chi connectivity index (χ0n) is 9.90. The molecule has 0 atom stereocenters. The summed E-state index contributed by atoms with van der Waals surface area (Å²) in [5.41, 5.74) is 0.0113. The molecule has 6 nitrogen and oxygen atoms in total. The highest BCUT2D eigenvalue weighted by Crippen LogP contribution is 2.17. The fraction of sp³-hybridized carbons (Fsp3) is 0.300. The molecule has 8 heteroatoms. The van der Waals surface area contributed by atoms with E-state index in [9.17, 15) is 17.6 Å². The van der Waals surface area contributed by atoms with E-state index in [-0.39, 0.29) is 11.7 Å². The Bertz CT molecular complexity index is 557. The molecule has 0 unspecified atom stereocenters. The second-order valence-corrected chi connectivity index (χ2v) is 5.54. The molecule has 18 heavy (non-hydrogen) atoms. The second kappa shape index (κ2) is 5.32. The maximum Gasteiger partial charge on any atom is 0.319 e. The second-order valence-electron chi connectivity index (χ2n) is 3.97. The Hall–Kier alpha value is -1.67. The number of primary sulfonamides is 1. The first-order valence-electron chi connectivity index (χ1n) is 5.09. The lowest BCUT2D eigenvalue weighted by Gasteiger charge is -2.10. The van der Waals surface area contributed by atoms with E-state index in [1.807, 2.05) is 0 Å². The molecule has 0 heterocycles. The van der Waals surface area contributed by atoms with Gasteiger partial charge in [0.1, 0.15) is 5.82 Å². The minimum atomic E-state index is -4.02. The number of amides is 2. The summed E-state index contributed by atoms with van der Waals surface area (Å²) in [4.78, 5) is 11.0. The molecule has 0 radical (unpaired) electrons. The van der Waals surface area contributed by atoms with Gasteiger partial charge in [0.05, 0.1) is 4.90 Å². The highest BCUT2D eigenvalue weighted by atomic mass is 32.2. The van der Waals surface area contributed by atoms with Gasteiger partial charge in [-0.15, -0.1) is 0 Å². The van der Waals surface area contributed by atoms with Gasteiger partial charge in [-0.05, 0) is 32.0 Å². The van der Waals surface area contributed by atoms with Crippen LogP contribution >= 0.6 is 0 Å². The van der Waals surface area contributed by atoms with Gasteiger partial charge < -0.3 is 10.6 Å². The molecular formula is C10H14FN3O3S. The van der Waals surface area contributed by atoms with E-state index in [0.717, 1.165) is 18.2 Å². The Balaban J connectivity index is 2.97. The first-order chi connectivity index (χ1) is 8.18. The lowest BCUT2D eigenvalue weighted by molar-refractivity contribution is 0.250. The molecule has 0 saturated heterocycles. The summed E-state index contributed by atoms with van der Waals surface area (Å²) in [7, 11) is -4.02. The number of halogens is 1. The third-order valence-corrected chi connectivity index (χ3v) is 2.77. The normalized spacial score (nSPS) is 11.4. The third-order valence-electron chi connectivity index (χ3n) is 1.88. The molecule has 2 amide bonds. The SMILES string of the molecule is CC(C)NC(=O)Nc1cc(F)cc(S(N)(=O)=O)c1. The molecule has 0 bridgehead atoms. The largest absolute Gasteiger partial charge is 0.336 e. The predicted octanol–water partition coefficient (Wildman–Crippen LogP) is 1.00. The summed E-state index contributed by atoms with van der Waals surface area (Å²) in [6.07, 6.45) is 0. The van der Waals surface area contributed by atoms with Gasteiger partial charge in [-0.25, -0.2) is 22.7 Å². The molecule has 0 aliphatic heterocycles. The quantitative estimate of drug-likeness (QED) is 0.767. The van der Waals surface area contributed by atoms with Crippen molar-refractivity contribution in [3.8, 4) is 0 Å². The van der Waals surface area contributed by atoms with E-state index in [1.165, 1.54) is 0 Å². The minimum Gasteiger partial charge on any atom is -0.336 e. The van der Waals surface area contributed by atoms with Crippen LogP contribution in [0.5, 0.6) is 0 Å². The summed E-state index contributed by atoms with van der Waals surface area (Å²) in [5, 5.41) is 9.72. The van der Waals surface area contributed by atoms with Crippen molar-refractivity contribution in [1.29, 1.82) is 0 Å². The van der Waals surface area contributed by atoms with Crippen molar-refractivity contribution in [2.75, 3.05) is 5.32 Å². The Kier molecular flexibility index (Phi) is 4.25. The van der Waals surface area contributed by atoms with E-state index in [2.05, 4.69) is 10.6 Å². The topological polar surface area (TPSA) is 101 Å². The fourth-order valence-corrected chi connectivity index (χ4v) is 1.80. The predicted molar refractivity (Wildman–Crippen MR) is 65.1 cm³/mol. The third kappa shape index (κ3) is 4.30. The van der Waals surface area contributed by atoms with Crippen molar-refractivity contribution in [2.45, 2.75) is 24.8 Å². The number of benzene rings is 1. The zero-order chi connectivity index (χ0) is 13.9. The fourth-order valence-electron chi connectivity index (χ4n) is 1.23. The van der Waals surface area contributed by atoms with Gasteiger partial charge in [0.25, 0.3) is 0 Å². The van der Waals surface area contributed by atoms with Crippen LogP contribution in [0.1, 0.15) is 13.8 Å². The van der Waals surface area contributed by atoms with Gasteiger partial charge >= 0.3 is 6.03 Å². The first-order valence-corrected chi connectivity index (χ1v) is 6.64. The van der Waals surface area contributed by atoms with Crippen LogP contribution in [-0.4, -0.2) is 20.5 Å². The number of urea groups is 1. The average molecular weight is 275 g/mol. The molecule has 1 aromatic rings. The van der Waals surface area contributed by atoms with Crippen LogP contribution in [0.25, 0.3) is 0 Å². The smallest absolute Gasteiger partial charge is 0.319 e. The summed E-state index contributed by atoms with van der Waals surface area (Å²) in [6.45, 7) is 3.50. The van der Waals surface area contributed by atoms with Crippen LogP contribution in [0.4, 0.5) is 14.9 Å². The van der Waals surface area contributed by atoms with Crippen LogP contribution in [-0.2, 0) is 10.0 Å². The monoisotopic (exact) mass is 275 g/mol. The molecule has 0 aromatic heterocycles.